The number of piperidine rings is 1. The minimum atomic E-state index is -0.407. The number of rotatable bonds is 2. The summed E-state index contributed by atoms with van der Waals surface area (Å²) >= 11 is 0. The van der Waals surface area contributed by atoms with Crippen LogP contribution < -0.4 is 5.32 Å². The van der Waals surface area contributed by atoms with Gasteiger partial charge in [-0.3, -0.25) is 14.8 Å². The van der Waals surface area contributed by atoms with E-state index in [0.717, 1.165) is 19.5 Å². The van der Waals surface area contributed by atoms with Crippen molar-refractivity contribution >= 4 is 5.69 Å². The zero-order valence-corrected chi connectivity index (χ0v) is 8.59. The van der Waals surface area contributed by atoms with Crippen LogP contribution in [-0.4, -0.2) is 27.8 Å². The second-order valence-electron chi connectivity index (χ2n) is 3.97. The molecule has 1 aromatic heterocycles. The third kappa shape index (κ3) is 1.99. The van der Waals surface area contributed by atoms with Gasteiger partial charge in [-0.2, -0.15) is 5.10 Å². The quantitative estimate of drug-likeness (QED) is 0.583. The molecule has 1 saturated heterocycles. The fourth-order valence-electron chi connectivity index (χ4n) is 2.00. The van der Waals surface area contributed by atoms with Crippen LogP contribution in [0.4, 0.5) is 5.69 Å². The third-order valence-corrected chi connectivity index (χ3v) is 2.88. The largest absolute Gasteiger partial charge is 0.316 e. The molecule has 0 unspecified atom stereocenters. The maximum Gasteiger partial charge on any atom is 0.307 e. The van der Waals surface area contributed by atoms with Gasteiger partial charge in [-0.25, -0.2) is 0 Å². The molecule has 0 aliphatic carbocycles. The lowest BCUT2D eigenvalue weighted by Gasteiger charge is -2.29. The Morgan fingerprint density at radius 1 is 1.73 bits per heavy atom. The first-order chi connectivity index (χ1) is 7.18. The van der Waals surface area contributed by atoms with Crippen LogP contribution in [0.1, 0.15) is 19.4 Å². The smallest absolute Gasteiger partial charge is 0.307 e. The number of hydrogen-bond acceptors (Lipinski definition) is 4. The molecule has 15 heavy (non-hydrogen) atoms. The summed E-state index contributed by atoms with van der Waals surface area (Å²) in [4.78, 5) is 10.1. The number of hydrogen-bond donors (Lipinski definition) is 1. The summed E-state index contributed by atoms with van der Waals surface area (Å²) < 4.78 is 1.73. The highest BCUT2D eigenvalue weighted by Crippen LogP contribution is 2.25. The van der Waals surface area contributed by atoms with Gasteiger partial charge in [0.15, 0.2) is 0 Å². The topological polar surface area (TPSA) is 73.0 Å². The molecular weight excluding hydrogens is 196 g/mol. The molecule has 0 bridgehead atoms. The van der Waals surface area contributed by atoms with Gasteiger partial charge in [0.05, 0.1) is 11.0 Å². The van der Waals surface area contributed by atoms with E-state index in [-0.39, 0.29) is 11.7 Å². The minimum absolute atomic E-state index is 0.0701. The molecular formula is C9H14N4O2. The second-order valence-corrected chi connectivity index (χ2v) is 3.97. The van der Waals surface area contributed by atoms with Crippen LogP contribution in [0.25, 0.3) is 0 Å². The highest BCUT2D eigenvalue weighted by Gasteiger charge is 2.24. The zero-order chi connectivity index (χ0) is 10.8. The minimum Gasteiger partial charge on any atom is -0.316 e. The van der Waals surface area contributed by atoms with Crippen LogP contribution in [0.15, 0.2) is 12.4 Å². The molecule has 1 aromatic rings. The van der Waals surface area contributed by atoms with Crippen molar-refractivity contribution in [2.75, 3.05) is 13.1 Å². The highest BCUT2D eigenvalue weighted by atomic mass is 16.6. The number of nitrogens with zero attached hydrogens (tertiary/aromatic N) is 3. The molecule has 2 atom stereocenters. The molecule has 0 radical (unpaired) electrons. The number of aromatic nitrogens is 2. The Morgan fingerprint density at radius 3 is 3.13 bits per heavy atom. The van der Waals surface area contributed by atoms with Gasteiger partial charge in [0.2, 0.25) is 0 Å². The van der Waals surface area contributed by atoms with Crippen molar-refractivity contribution in [2.24, 2.45) is 5.92 Å². The number of nitro groups is 1. The van der Waals surface area contributed by atoms with Crippen LogP contribution in [0.5, 0.6) is 0 Å². The van der Waals surface area contributed by atoms with E-state index in [1.807, 2.05) is 0 Å². The first-order valence-corrected chi connectivity index (χ1v) is 5.07. The van der Waals surface area contributed by atoms with E-state index in [1.165, 1.54) is 12.4 Å². The lowest BCUT2D eigenvalue weighted by Crippen LogP contribution is -2.36. The molecule has 2 heterocycles. The Hall–Kier alpha value is -1.43. The summed E-state index contributed by atoms with van der Waals surface area (Å²) in [5, 5.41) is 17.9. The van der Waals surface area contributed by atoms with Crippen molar-refractivity contribution in [3.05, 3.63) is 22.5 Å². The molecule has 0 amide bonds. The molecule has 2 rings (SSSR count). The van der Waals surface area contributed by atoms with Crippen molar-refractivity contribution < 1.29 is 4.92 Å². The molecule has 0 aromatic carbocycles. The highest BCUT2D eigenvalue weighted by molar-refractivity contribution is 5.21. The summed E-state index contributed by atoms with van der Waals surface area (Å²) in [7, 11) is 0. The van der Waals surface area contributed by atoms with E-state index < -0.39 is 4.92 Å². The van der Waals surface area contributed by atoms with Gasteiger partial charge in [0, 0.05) is 0 Å². The van der Waals surface area contributed by atoms with Crippen molar-refractivity contribution in [2.45, 2.75) is 19.4 Å². The summed E-state index contributed by atoms with van der Waals surface area (Å²) in [5.41, 5.74) is 0.0701. The lowest BCUT2D eigenvalue weighted by molar-refractivity contribution is -0.385. The van der Waals surface area contributed by atoms with E-state index >= 15 is 0 Å². The Balaban J connectivity index is 2.17. The fraction of sp³-hybridized carbons (Fsp3) is 0.667. The van der Waals surface area contributed by atoms with Crippen LogP contribution in [0.3, 0.4) is 0 Å². The lowest BCUT2D eigenvalue weighted by atomic mass is 9.96. The van der Waals surface area contributed by atoms with Crippen molar-refractivity contribution in [1.82, 2.24) is 15.1 Å². The van der Waals surface area contributed by atoms with Gasteiger partial charge in [-0.1, -0.05) is 6.92 Å². The average Bonchev–Trinajstić information content (AvgIpc) is 2.67. The van der Waals surface area contributed by atoms with Crippen molar-refractivity contribution in [1.29, 1.82) is 0 Å². The number of nitrogens with one attached hydrogen (secondary N) is 1. The maximum atomic E-state index is 10.5. The van der Waals surface area contributed by atoms with E-state index in [0.29, 0.717) is 5.92 Å². The zero-order valence-electron chi connectivity index (χ0n) is 8.59. The van der Waals surface area contributed by atoms with Crippen LogP contribution >= 0.6 is 0 Å². The van der Waals surface area contributed by atoms with Crippen molar-refractivity contribution in [3.63, 3.8) is 0 Å². The fourth-order valence-corrected chi connectivity index (χ4v) is 2.00. The maximum absolute atomic E-state index is 10.5. The SMILES string of the molecule is C[C@@H]1CNCC[C@@H]1n1cc([N+](=O)[O-])cn1. The summed E-state index contributed by atoms with van der Waals surface area (Å²) in [6.07, 6.45) is 3.81. The normalized spacial score (nSPS) is 26.5. The molecule has 6 nitrogen and oxygen atoms in total. The first kappa shape index (κ1) is 10.1. The molecule has 82 valence electrons. The predicted molar refractivity (Wildman–Crippen MR) is 54.6 cm³/mol. The van der Waals surface area contributed by atoms with Crippen LogP contribution in [0.2, 0.25) is 0 Å². The third-order valence-electron chi connectivity index (χ3n) is 2.88. The van der Waals surface area contributed by atoms with Gasteiger partial charge in [0.1, 0.15) is 12.4 Å². The average molecular weight is 210 g/mol. The Bertz CT molecular complexity index is 363. The van der Waals surface area contributed by atoms with Gasteiger partial charge >= 0.3 is 5.69 Å². The first-order valence-electron chi connectivity index (χ1n) is 5.07. The monoisotopic (exact) mass is 210 g/mol. The standard InChI is InChI=1S/C9H14N4O2/c1-7-4-10-3-2-9(7)12-6-8(5-11-12)13(14)15/h5-7,9-10H,2-4H2,1H3/t7-,9+/m1/s1. The van der Waals surface area contributed by atoms with Gasteiger partial charge < -0.3 is 5.32 Å². The molecule has 1 fully saturated rings. The van der Waals surface area contributed by atoms with Gasteiger partial charge in [-0.05, 0) is 25.4 Å². The van der Waals surface area contributed by atoms with Crippen LogP contribution in [-0.2, 0) is 0 Å². The summed E-state index contributed by atoms with van der Waals surface area (Å²) in [5.74, 6) is 0.457. The Kier molecular flexibility index (Phi) is 2.68. The van der Waals surface area contributed by atoms with E-state index in [4.69, 9.17) is 0 Å². The Morgan fingerprint density at radius 2 is 2.53 bits per heavy atom. The molecule has 1 aliphatic rings. The predicted octanol–water partition coefficient (Wildman–Crippen LogP) is 0.962. The van der Waals surface area contributed by atoms with Crippen LogP contribution in [0, 0.1) is 16.0 Å². The van der Waals surface area contributed by atoms with Crippen molar-refractivity contribution in [3.8, 4) is 0 Å². The molecule has 1 N–H and O–H groups in total. The van der Waals surface area contributed by atoms with E-state index in [1.54, 1.807) is 4.68 Å². The van der Waals surface area contributed by atoms with E-state index in [2.05, 4.69) is 17.3 Å². The van der Waals surface area contributed by atoms with Gasteiger partial charge in [0.25, 0.3) is 0 Å². The molecule has 0 spiro atoms. The van der Waals surface area contributed by atoms with Gasteiger partial charge in [-0.15, -0.1) is 0 Å². The Labute approximate surface area is 87.4 Å². The molecule has 1 aliphatic heterocycles. The summed E-state index contributed by atoms with van der Waals surface area (Å²) in [6, 6.07) is 0.278. The van der Waals surface area contributed by atoms with E-state index in [9.17, 15) is 10.1 Å². The summed E-state index contributed by atoms with van der Waals surface area (Å²) in [6.45, 7) is 4.02. The second kappa shape index (κ2) is 3.98. The molecule has 0 saturated carbocycles. The molecule has 6 heteroatoms.